The summed E-state index contributed by atoms with van der Waals surface area (Å²) in [5, 5.41) is 7.07. The van der Waals surface area contributed by atoms with E-state index in [0.717, 1.165) is 38.8 Å². The summed E-state index contributed by atoms with van der Waals surface area (Å²) in [6.07, 6.45) is 4.09. The van der Waals surface area contributed by atoms with Crippen molar-refractivity contribution in [1.82, 2.24) is 0 Å². The molecule has 1 atom stereocenters. The highest BCUT2D eigenvalue weighted by molar-refractivity contribution is 6.16. The largest absolute Gasteiger partial charge is 0.379 e. The molecule has 0 saturated heterocycles. The third-order valence-electron chi connectivity index (χ3n) is 7.07. The summed E-state index contributed by atoms with van der Waals surface area (Å²) in [5.74, 6) is -0.0954. The summed E-state index contributed by atoms with van der Waals surface area (Å²) < 4.78 is 0. The molecule has 0 saturated carbocycles. The van der Waals surface area contributed by atoms with Crippen LogP contribution in [-0.4, -0.2) is 17.1 Å². The van der Waals surface area contributed by atoms with E-state index < -0.39 is 5.60 Å². The number of rotatable bonds is 2. The van der Waals surface area contributed by atoms with Crippen molar-refractivity contribution in [2.45, 2.75) is 53.1 Å². The van der Waals surface area contributed by atoms with Crippen LogP contribution in [0, 0.1) is 10.8 Å². The van der Waals surface area contributed by atoms with Gasteiger partial charge in [0.2, 0.25) is 0 Å². The number of carbonyl (C=O) groups excluding carboxylic acids is 1. The zero-order valence-electron chi connectivity index (χ0n) is 21.4. The number of allylic oxidation sites excluding steroid dienone is 2. The normalized spacial score (nSPS) is 19.9. The highest BCUT2D eigenvalue weighted by Gasteiger charge is 2.52. The predicted molar refractivity (Wildman–Crippen MR) is 144 cm³/mol. The van der Waals surface area contributed by atoms with Gasteiger partial charge in [0, 0.05) is 16.7 Å². The molecule has 3 aromatic rings. The number of benzene rings is 3. The van der Waals surface area contributed by atoms with E-state index in [-0.39, 0.29) is 22.5 Å². The molecule has 0 N–H and O–H groups in total. The Hall–Kier alpha value is -3.46. The minimum Gasteiger partial charge on any atom is -0.379 e. The first kappa shape index (κ1) is 23.3. The number of oxime groups is 1. The molecule has 2 aliphatic rings. The molecule has 178 valence electrons. The minimum absolute atomic E-state index is 0.102. The van der Waals surface area contributed by atoms with Gasteiger partial charge in [-0.15, -0.1) is 0 Å². The van der Waals surface area contributed by atoms with E-state index in [2.05, 4.69) is 108 Å². The topological polar surface area (TPSA) is 38.7 Å². The summed E-state index contributed by atoms with van der Waals surface area (Å²) in [7, 11) is 0. The van der Waals surface area contributed by atoms with Gasteiger partial charge in [-0.05, 0) is 39.3 Å². The van der Waals surface area contributed by atoms with Crippen molar-refractivity contribution in [1.29, 1.82) is 0 Å². The number of carbonyl (C=O) groups is 1. The summed E-state index contributed by atoms with van der Waals surface area (Å²) in [4.78, 5) is 20.1. The summed E-state index contributed by atoms with van der Waals surface area (Å²) >= 11 is 0. The monoisotopic (exact) mass is 463 g/mol. The highest BCUT2D eigenvalue weighted by atomic mass is 16.7. The second-order valence-electron chi connectivity index (χ2n) is 11.7. The summed E-state index contributed by atoms with van der Waals surface area (Å²) in [5.41, 5.74) is 3.06. The van der Waals surface area contributed by atoms with E-state index in [4.69, 9.17) is 9.99 Å². The van der Waals surface area contributed by atoms with Crippen LogP contribution in [0.5, 0.6) is 0 Å². The molecule has 1 heterocycles. The number of fused-ring (bicyclic) bond motifs is 1. The smallest absolute Gasteiger partial charge is 0.187 e. The van der Waals surface area contributed by atoms with Crippen molar-refractivity contribution in [2.75, 3.05) is 0 Å². The molecule has 3 nitrogen and oxygen atoms in total. The first-order valence-electron chi connectivity index (χ1n) is 12.3. The molecular formula is C32H33NO2. The van der Waals surface area contributed by atoms with Crippen LogP contribution in [-0.2, 0) is 9.63 Å². The number of nitrogens with zero attached hydrogens (tertiary/aromatic N) is 1. The van der Waals surface area contributed by atoms with E-state index >= 15 is 0 Å². The number of hydrogen-bond donors (Lipinski definition) is 0. The predicted octanol–water partition coefficient (Wildman–Crippen LogP) is 7.62. The second-order valence-corrected chi connectivity index (χ2v) is 11.7. The first-order valence-corrected chi connectivity index (χ1v) is 12.3. The molecule has 5 rings (SSSR count). The quantitative estimate of drug-likeness (QED) is 0.392. The van der Waals surface area contributed by atoms with Gasteiger partial charge >= 0.3 is 0 Å². The Morgan fingerprint density at radius 2 is 1.31 bits per heavy atom. The zero-order chi connectivity index (χ0) is 25.0. The number of ketones is 1. The molecule has 1 spiro atoms. The fourth-order valence-electron chi connectivity index (χ4n) is 5.27. The lowest BCUT2D eigenvalue weighted by molar-refractivity contribution is -0.114. The summed E-state index contributed by atoms with van der Waals surface area (Å²) in [6, 6.07) is 25.1. The Morgan fingerprint density at radius 3 is 1.94 bits per heavy atom. The first-order chi connectivity index (χ1) is 16.5. The van der Waals surface area contributed by atoms with Crippen LogP contribution in [0.4, 0.5) is 0 Å². The maximum Gasteiger partial charge on any atom is 0.187 e. The summed E-state index contributed by atoms with van der Waals surface area (Å²) in [6.45, 7) is 12.6. The van der Waals surface area contributed by atoms with Gasteiger partial charge in [0.15, 0.2) is 11.4 Å². The van der Waals surface area contributed by atoms with Crippen molar-refractivity contribution in [3.8, 4) is 0 Å². The zero-order valence-corrected chi connectivity index (χ0v) is 21.4. The molecule has 0 bridgehead atoms. The van der Waals surface area contributed by atoms with Gasteiger partial charge in [0.05, 0.1) is 11.6 Å². The van der Waals surface area contributed by atoms with E-state index in [1.165, 1.54) is 0 Å². The van der Waals surface area contributed by atoms with Crippen LogP contribution < -0.4 is 0 Å². The average Bonchev–Trinajstić information content (AvgIpc) is 3.17. The van der Waals surface area contributed by atoms with E-state index in [9.17, 15) is 4.79 Å². The minimum atomic E-state index is -0.882. The Morgan fingerprint density at radius 1 is 0.743 bits per heavy atom. The van der Waals surface area contributed by atoms with Crippen molar-refractivity contribution in [2.24, 2.45) is 16.0 Å². The van der Waals surface area contributed by atoms with Gasteiger partial charge in [-0.3, -0.25) is 4.79 Å². The molecule has 1 aliphatic heterocycles. The van der Waals surface area contributed by atoms with Gasteiger partial charge < -0.3 is 4.84 Å². The maximum absolute atomic E-state index is 13.7. The third-order valence-corrected chi connectivity index (χ3v) is 7.07. The molecule has 0 radical (unpaired) electrons. The fraction of sp³-hybridized carbons (Fsp3) is 0.312. The van der Waals surface area contributed by atoms with Gasteiger partial charge in [0.1, 0.15) is 0 Å². The fourth-order valence-corrected chi connectivity index (χ4v) is 5.27. The van der Waals surface area contributed by atoms with Crippen molar-refractivity contribution >= 4 is 22.3 Å². The van der Waals surface area contributed by atoms with E-state index in [1.807, 2.05) is 18.2 Å². The molecule has 3 aromatic carbocycles. The van der Waals surface area contributed by atoms with Crippen molar-refractivity contribution in [3.05, 3.63) is 107 Å². The Balaban J connectivity index is 1.78. The van der Waals surface area contributed by atoms with Gasteiger partial charge in [-0.1, -0.05) is 119 Å². The SMILES string of the molecule is CC(C)(C)C1=CC2(C=C(C(C)(C)C)C1=O)ON=C(c1cccc3ccccc13)C2c1ccccc1. The lowest BCUT2D eigenvalue weighted by Gasteiger charge is -2.38. The Kier molecular flexibility index (Phi) is 5.36. The van der Waals surface area contributed by atoms with Crippen molar-refractivity contribution < 1.29 is 9.63 Å². The molecule has 0 amide bonds. The van der Waals surface area contributed by atoms with Crippen LogP contribution in [0.25, 0.3) is 10.8 Å². The Bertz CT molecular complexity index is 1360. The molecular weight excluding hydrogens is 430 g/mol. The molecule has 1 unspecified atom stereocenters. The number of hydrogen-bond acceptors (Lipinski definition) is 3. The van der Waals surface area contributed by atoms with E-state index in [1.54, 1.807) is 0 Å². The number of Topliss-reactive ketones (excluding diaryl/α,β-unsaturated/α-hetero) is 1. The molecule has 1 aliphatic carbocycles. The molecule has 0 aromatic heterocycles. The third kappa shape index (κ3) is 3.93. The van der Waals surface area contributed by atoms with Crippen LogP contribution in [0.2, 0.25) is 0 Å². The van der Waals surface area contributed by atoms with Gasteiger partial charge in [-0.25, -0.2) is 0 Å². The van der Waals surface area contributed by atoms with Crippen LogP contribution in [0.15, 0.2) is 101 Å². The maximum atomic E-state index is 13.7. The van der Waals surface area contributed by atoms with Gasteiger partial charge in [0.25, 0.3) is 0 Å². The highest BCUT2D eigenvalue weighted by Crippen LogP contribution is 2.50. The van der Waals surface area contributed by atoms with E-state index in [0.29, 0.717) is 0 Å². The van der Waals surface area contributed by atoms with Crippen LogP contribution in [0.1, 0.15) is 58.6 Å². The molecule has 3 heteroatoms. The lowest BCUT2D eigenvalue weighted by atomic mass is 9.65. The van der Waals surface area contributed by atoms with Crippen LogP contribution >= 0.6 is 0 Å². The molecule has 35 heavy (non-hydrogen) atoms. The Labute approximate surface area is 208 Å². The second kappa shape index (κ2) is 8.05. The average molecular weight is 464 g/mol. The molecule has 0 fully saturated rings. The van der Waals surface area contributed by atoms with Crippen LogP contribution in [0.3, 0.4) is 0 Å². The lowest BCUT2D eigenvalue weighted by Crippen LogP contribution is -2.41. The standard InChI is InChI=1S/C32H33NO2/c1-30(2,3)25-19-32(20-26(29(25)34)31(4,5)6)27(22-14-8-7-9-15-22)28(33-35-32)24-18-12-16-21-13-10-11-17-23(21)24/h7-20,27H,1-6H3. The van der Waals surface area contributed by atoms with Gasteiger partial charge in [-0.2, -0.15) is 0 Å². The van der Waals surface area contributed by atoms with Crippen molar-refractivity contribution in [3.63, 3.8) is 0 Å².